The third kappa shape index (κ3) is 2.69. The zero-order valence-electron chi connectivity index (χ0n) is 13.3. The lowest BCUT2D eigenvalue weighted by molar-refractivity contribution is 0.0688. The summed E-state index contributed by atoms with van der Waals surface area (Å²) in [6.45, 7) is 1.55. The molecule has 0 saturated heterocycles. The van der Waals surface area contributed by atoms with E-state index in [1.807, 2.05) is 4.68 Å². The van der Waals surface area contributed by atoms with Crippen LogP contribution in [0.1, 0.15) is 34.9 Å². The highest BCUT2D eigenvalue weighted by Gasteiger charge is 2.27. The molecule has 3 heterocycles. The topological polar surface area (TPSA) is 116 Å². The number of pyridine rings is 1. The van der Waals surface area contributed by atoms with Crippen molar-refractivity contribution >= 4 is 5.97 Å². The Labute approximate surface area is 141 Å². The lowest BCUT2D eigenvalue weighted by Crippen LogP contribution is -2.26. The highest BCUT2D eigenvalue weighted by molar-refractivity contribution is 5.85. The number of nitrogens with zero attached hydrogens (tertiary/aromatic N) is 6. The fraction of sp³-hybridized carbons (Fsp3) is 0.250. The molecule has 1 aliphatic carbocycles. The van der Waals surface area contributed by atoms with Crippen LogP contribution in [0, 0.1) is 6.92 Å². The third-order valence-electron chi connectivity index (χ3n) is 4.04. The van der Waals surface area contributed by atoms with Gasteiger partial charge in [-0.05, 0) is 31.9 Å². The Hall–Kier alpha value is -3.36. The summed E-state index contributed by atoms with van der Waals surface area (Å²) in [4.78, 5) is 27.8. The Morgan fingerprint density at radius 2 is 2.04 bits per heavy atom. The molecule has 1 N–H and O–H groups in total. The molecule has 1 aliphatic rings. The molecule has 25 heavy (non-hydrogen) atoms. The molecule has 9 nitrogen and oxygen atoms in total. The molecule has 1 fully saturated rings. The first kappa shape index (κ1) is 15.2. The largest absolute Gasteiger partial charge is 0.476 e. The molecule has 0 spiro atoms. The molecule has 126 valence electrons. The van der Waals surface area contributed by atoms with E-state index in [9.17, 15) is 9.59 Å². The average Bonchev–Trinajstić information content (AvgIpc) is 3.33. The van der Waals surface area contributed by atoms with E-state index in [0.29, 0.717) is 17.3 Å². The van der Waals surface area contributed by atoms with Crippen molar-refractivity contribution in [3.63, 3.8) is 0 Å². The van der Waals surface area contributed by atoms with Crippen molar-refractivity contribution < 1.29 is 9.90 Å². The van der Waals surface area contributed by atoms with Crippen molar-refractivity contribution in [2.45, 2.75) is 25.8 Å². The number of aromatic carboxylic acids is 1. The number of hydrogen-bond donors (Lipinski definition) is 1. The van der Waals surface area contributed by atoms with Gasteiger partial charge in [0, 0.05) is 17.3 Å². The van der Waals surface area contributed by atoms with E-state index in [1.54, 1.807) is 25.4 Å². The monoisotopic (exact) mass is 338 g/mol. The van der Waals surface area contributed by atoms with Crippen LogP contribution < -0.4 is 5.56 Å². The summed E-state index contributed by atoms with van der Waals surface area (Å²) < 4.78 is 2.90. The van der Waals surface area contributed by atoms with Crippen LogP contribution in [0.3, 0.4) is 0 Å². The maximum absolute atomic E-state index is 12.4. The Kier molecular flexibility index (Phi) is 3.41. The third-order valence-corrected chi connectivity index (χ3v) is 4.04. The van der Waals surface area contributed by atoms with Gasteiger partial charge >= 0.3 is 5.97 Å². The van der Waals surface area contributed by atoms with Gasteiger partial charge < -0.3 is 5.11 Å². The highest BCUT2D eigenvalue weighted by Crippen LogP contribution is 2.37. The summed E-state index contributed by atoms with van der Waals surface area (Å²) in [6.07, 6.45) is 6.89. The molecule has 0 aliphatic heterocycles. The van der Waals surface area contributed by atoms with Crippen molar-refractivity contribution in [2.75, 3.05) is 0 Å². The molecule has 9 heteroatoms. The minimum Gasteiger partial charge on any atom is -0.476 e. The van der Waals surface area contributed by atoms with Crippen molar-refractivity contribution in [3.05, 3.63) is 52.3 Å². The molecule has 0 aromatic carbocycles. The molecule has 3 aromatic heterocycles. The Morgan fingerprint density at radius 1 is 1.24 bits per heavy atom. The van der Waals surface area contributed by atoms with Crippen molar-refractivity contribution in [1.29, 1.82) is 0 Å². The van der Waals surface area contributed by atoms with E-state index in [2.05, 4.69) is 20.4 Å². The maximum Gasteiger partial charge on any atom is 0.356 e. The molecule has 0 bridgehead atoms. The van der Waals surface area contributed by atoms with Crippen molar-refractivity contribution in [1.82, 2.24) is 29.8 Å². The summed E-state index contributed by atoms with van der Waals surface area (Å²) >= 11 is 0. The Balaban J connectivity index is 1.84. The number of hydrogen-bond acceptors (Lipinski definition) is 6. The summed E-state index contributed by atoms with van der Waals surface area (Å²) in [7, 11) is 0. The van der Waals surface area contributed by atoms with Gasteiger partial charge in [-0.1, -0.05) is 5.21 Å². The number of carbonyl (C=O) groups is 1. The lowest BCUT2D eigenvalue weighted by atomic mass is 10.2. The van der Waals surface area contributed by atoms with Crippen LogP contribution in [0.5, 0.6) is 0 Å². The summed E-state index contributed by atoms with van der Waals surface area (Å²) in [5, 5.41) is 21.1. The molecule has 0 atom stereocenters. The van der Waals surface area contributed by atoms with Crippen LogP contribution in [0.25, 0.3) is 16.9 Å². The van der Waals surface area contributed by atoms with E-state index < -0.39 is 11.5 Å². The van der Waals surface area contributed by atoms with Gasteiger partial charge in [0.05, 0.1) is 29.8 Å². The molecule has 1 saturated carbocycles. The predicted molar refractivity (Wildman–Crippen MR) is 86.6 cm³/mol. The zero-order valence-corrected chi connectivity index (χ0v) is 13.3. The van der Waals surface area contributed by atoms with Gasteiger partial charge in [0.2, 0.25) is 0 Å². The van der Waals surface area contributed by atoms with Gasteiger partial charge in [-0.3, -0.25) is 9.78 Å². The predicted octanol–water partition coefficient (Wildman–Crippen LogP) is 1.23. The van der Waals surface area contributed by atoms with Gasteiger partial charge in [0.25, 0.3) is 5.56 Å². The number of aryl methyl sites for hydroxylation is 1. The van der Waals surface area contributed by atoms with Crippen molar-refractivity contribution in [3.8, 4) is 16.9 Å². The molecular weight excluding hydrogens is 324 g/mol. The van der Waals surface area contributed by atoms with E-state index in [0.717, 1.165) is 28.8 Å². The van der Waals surface area contributed by atoms with Crippen LogP contribution >= 0.6 is 0 Å². The quantitative estimate of drug-likeness (QED) is 0.760. The minimum absolute atomic E-state index is 0.202. The standard InChI is InChI=1S/C16H14N6O3/c1-9-4-13(16(24)25)19-22(15(9)23)12-5-10(6-17-7-12)14-8-18-20-21(14)11-2-3-11/h4-8,11H,2-3H2,1H3,(H,24,25). The summed E-state index contributed by atoms with van der Waals surface area (Å²) in [6, 6.07) is 3.33. The number of carboxylic acids is 1. The second-order valence-electron chi connectivity index (χ2n) is 5.96. The van der Waals surface area contributed by atoms with Crippen LogP contribution in [0.2, 0.25) is 0 Å². The number of rotatable bonds is 4. The first-order valence-corrected chi connectivity index (χ1v) is 7.75. The fourth-order valence-electron chi connectivity index (χ4n) is 2.62. The molecule has 0 radical (unpaired) electrons. The second-order valence-corrected chi connectivity index (χ2v) is 5.96. The highest BCUT2D eigenvalue weighted by atomic mass is 16.4. The van der Waals surface area contributed by atoms with Crippen LogP contribution in [-0.4, -0.2) is 40.8 Å². The van der Waals surface area contributed by atoms with Gasteiger partial charge in [-0.2, -0.15) is 9.78 Å². The molecule has 3 aromatic rings. The molecule has 0 amide bonds. The molecular formula is C16H14N6O3. The number of carboxylic acid groups (broad SMARTS) is 1. The normalized spacial score (nSPS) is 13.8. The van der Waals surface area contributed by atoms with Crippen LogP contribution in [0.15, 0.2) is 35.5 Å². The molecule has 0 unspecified atom stereocenters. The SMILES string of the molecule is Cc1cc(C(=O)O)nn(-c2cncc(-c3cnnn3C3CC3)c2)c1=O. The smallest absolute Gasteiger partial charge is 0.356 e. The van der Waals surface area contributed by atoms with Gasteiger partial charge in [0.15, 0.2) is 5.69 Å². The summed E-state index contributed by atoms with van der Waals surface area (Å²) in [5.74, 6) is -1.20. The first-order valence-electron chi connectivity index (χ1n) is 7.75. The lowest BCUT2D eigenvalue weighted by Gasteiger charge is -2.09. The van der Waals surface area contributed by atoms with Crippen molar-refractivity contribution in [2.24, 2.45) is 0 Å². The van der Waals surface area contributed by atoms with E-state index >= 15 is 0 Å². The van der Waals surface area contributed by atoms with Gasteiger partial charge in [0.1, 0.15) is 0 Å². The summed E-state index contributed by atoms with van der Waals surface area (Å²) in [5.41, 5.74) is 1.63. The van der Waals surface area contributed by atoms with E-state index in [4.69, 9.17) is 5.11 Å². The maximum atomic E-state index is 12.4. The molecule has 4 rings (SSSR count). The van der Waals surface area contributed by atoms with E-state index in [1.165, 1.54) is 12.3 Å². The van der Waals surface area contributed by atoms with Gasteiger partial charge in [-0.15, -0.1) is 5.10 Å². The van der Waals surface area contributed by atoms with Crippen LogP contribution in [-0.2, 0) is 0 Å². The Morgan fingerprint density at radius 3 is 2.76 bits per heavy atom. The van der Waals surface area contributed by atoms with E-state index in [-0.39, 0.29) is 5.69 Å². The first-order chi connectivity index (χ1) is 12.0. The number of aromatic nitrogens is 6. The second kappa shape index (κ2) is 5.62. The zero-order chi connectivity index (χ0) is 17.6. The van der Waals surface area contributed by atoms with Gasteiger partial charge in [-0.25, -0.2) is 9.48 Å². The minimum atomic E-state index is -1.20. The van der Waals surface area contributed by atoms with Crippen LogP contribution in [0.4, 0.5) is 0 Å². The Bertz CT molecular complexity index is 1030. The fourth-order valence-corrected chi connectivity index (χ4v) is 2.62. The average molecular weight is 338 g/mol.